The average Bonchev–Trinajstić information content (AvgIpc) is 2.58. The molecule has 0 unspecified atom stereocenters. The average molecular weight is 182 g/mol. The van der Waals surface area contributed by atoms with Gasteiger partial charge in [-0.2, -0.15) is 0 Å². The molecule has 5 heteroatoms. The molecule has 0 fully saturated rings. The SMILES string of the molecule is O=C(O)CCc1cn2c(n1)OCC2. The lowest BCUT2D eigenvalue weighted by molar-refractivity contribution is -0.136. The van der Waals surface area contributed by atoms with E-state index in [9.17, 15) is 4.79 Å². The van der Waals surface area contributed by atoms with Gasteiger partial charge in [-0.1, -0.05) is 0 Å². The topological polar surface area (TPSA) is 64.3 Å². The Hall–Kier alpha value is -1.52. The van der Waals surface area contributed by atoms with Gasteiger partial charge >= 0.3 is 5.97 Å². The third kappa shape index (κ3) is 1.63. The maximum atomic E-state index is 10.3. The lowest BCUT2D eigenvalue weighted by atomic mass is 10.2. The zero-order chi connectivity index (χ0) is 9.26. The van der Waals surface area contributed by atoms with Gasteiger partial charge in [0, 0.05) is 12.6 Å². The molecule has 1 aromatic heterocycles. The van der Waals surface area contributed by atoms with E-state index in [-0.39, 0.29) is 6.42 Å². The number of hydrogen-bond acceptors (Lipinski definition) is 3. The number of hydrogen-bond donors (Lipinski definition) is 1. The van der Waals surface area contributed by atoms with Gasteiger partial charge in [0.2, 0.25) is 0 Å². The summed E-state index contributed by atoms with van der Waals surface area (Å²) in [5.74, 6) is -0.797. The van der Waals surface area contributed by atoms with Gasteiger partial charge < -0.3 is 9.84 Å². The fraction of sp³-hybridized carbons (Fsp3) is 0.500. The van der Waals surface area contributed by atoms with Crippen molar-refractivity contribution in [2.24, 2.45) is 0 Å². The van der Waals surface area contributed by atoms with E-state index in [2.05, 4.69) is 4.98 Å². The lowest BCUT2D eigenvalue weighted by Gasteiger charge is -1.92. The van der Waals surface area contributed by atoms with Crippen molar-refractivity contribution in [1.82, 2.24) is 9.55 Å². The number of carbonyl (C=O) groups is 1. The van der Waals surface area contributed by atoms with Crippen LogP contribution in [0.2, 0.25) is 0 Å². The maximum Gasteiger partial charge on any atom is 0.303 e. The van der Waals surface area contributed by atoms with E-state index in [0.29, 0.717) is 19.0 Å². The fourth-order valence-corrected chi connectivity index (χ4v) is 1.32. The van der Waals surface area contributed by atoms with E-state index in [1.54, 1.807) is 0 Å². The van der Waals surface area contributed by atoms with Crippen LogP contribution in [0.1, 0.15) is 12.1 Å². The van der Waals surface area contributed by atoms with Crippen LogP contribution in [0.25, 0.3) is 0 Å². The van der Waals surface area contributed by atoms with Gasteiger partial charge in [0.15, 0.2) is 0 Å². The van der Waals surface area contributed by atoms with Crippen LogP contribution in [0.5, 0.6) is 6.01 Å². The Labute approximate surface area is 75.0 Å². The van der Waals surface area contributed by atoms with Crippen LogP contribution in [0.3, 0.4) is 0 Å². The van der Waals surface area contributed by atoms with Gasteiger partial charge in [0.05, 0.1) is 18.7 Å². The summed E-state index contributed by atoms with van der Waals surface area (Å²) in [4.78, 5) is 14.4. The third-order valence-corrected chi connectivity index (χ3v) is 1.95. The number of aromatic nitrogens is 2. The summed E-state index contributed by atoms with van der Waals surface area (Å²) >= 11 is 0. The summed E-state index contributed by atoms with van der Waals surface area (Å²) in [7, 11) is 0. The fourth-order valence-electron chi connectivity index (χ4n) is 1.32. The van der Waals surface area contributed by atoms with Crippen molar-refractivity contribution >= 4 is 5.97 Å². The molecule has 5 nitrogen and oxygen atoms in total. The Kier molecular flexibility index (Phi) is 1.92. The van der Waals surface area contributed by atoms with Crippen molar-refractivity contribution in [3.8, 4) is 6.01 Å². The van der Waals surface area contributed by atoms with Crippen LogP contribution < -0.4 is 4.74 Å². The van der Waals surface area contributed by atoms with Gasteiger partial charge in [0.1, 0.15) is 6.61 Å². The standard InChI is InChI=1S/C8H10N2O3/c11-7(12)2-1-6-5-10-3-4-13-8(10)9-6/h5H,1-4H2,(H,11,12). The summed E-state index contributed by atoms with van der Waals surface area (Å²) in [6.07, 6.45) is 2.44. The molecule has 0 radical (unpaired) electrons. The number of carboxylic acids is 1. The zero-order valence-electron chi connectivity index (χ0n) is 7.06. The molecule has 1 N–H and O–H groups in total. The molecule has 0 spiro atoms. The zero-order valence-corrected chi connectivity index (χ0v) is 7.06. The highest BCUT2D eigenvalue weighted by atomic mass is 16.5. The Morgan fingerprint density at radius 3 is 3.31 bits per heavy atom. The number of fused-ring (bicyclic) bond motifs is 1. The number of nitrogens with zero attached hydrogens (tertiary/aromatic N) is 2. The molecule has 0 saturated carbocycles. The first-order valence-corrected chi connectivity index (χ1v) is 4.16. The van der Waals surface area contributed by atoms with Gasteiger partial charge in [-0.25, -0.2) is 4.98 Å². The van der Waals surface area contributed by atoms with Crippen molar-refractivity contribution in [2.75, 3.05) is 6.61 Å². The minimum absolute atomic E-state index is 0.121. The highest BCUT2D eigenvalue weighted by Gasteiger charge is 2.14. The summed E-state index contributed by atoms with van der Waals surface area (Å²) in [6, 6.07) is 0.611. The monoisotopic (exact) mass is 182 g/mol. The number of rotatable bonds is 3. The molecule has 0 atom stereocenters. The first kappa shape index (κ1) is 8.10. The maximum absolute atomic E-state index is 10.3. The van der Waals surface area contributed by atoms with Crippen molar-refractivity contribution < 1.29 is 14.6 Å². The molecule has 2 rings (SSSR count). The summed E-state index contributed by atoms with van der Waals surface area (Å²) in [5.41, 5.74) is 0.789. The molecule has 0 bridgehead atoms. The van der Waals surface area contributed by atoms with Crippen LogP contribution >= 0.6 is 0 Å². The highest BCUT2D eigenvalue weighted by molar-refractivity contribution is 5.66. The Balaban J connectivity index is 2.02. The lowest BCUT2D eigenvalue weighted by Crippen LogP contribution is -1.99. The van der Waals surface area contributed by atoms with Gasteiger partial charge in [-0.3, -0.25) is 9.36 Å². The number of aliphatic carboxylic acids is 1. The molecule has 0 amide bonds. The minimum Gasteiger partial charge on any atom is -0.481 e. The van der Waals surface area contributed by atoms with Crippen molar-refractivity contribution in [3.63, 3.8) is 0 Å². The molecule has 1 aliphatic heterocycles. The predicted molar refractivity (Wildman–Crippen MR) is 43.7 cm³/mol. The van der Waals surface area contributed by atoms with E-state index in [4.69, 9.17) is 9.84 Å². The summed E-state index contributed by atoms with van der Waals surface area (Å²) < 4.78 is 7.09. The minimum atomic E-state index is -0.797. The summed E-state index contributed by atoms with van der Waals surface area (Å²) in [6.45, 7) is 1.48. The smallest absolute Gasteiger partial charge is 0.303 e. The van der Waals surface area contributed by atoms with Crippen LogP contribution in [-0.2, 0) is 17.8 Å². The number of ether oxygens (including phenoxy) is 1. The second-order valence-electron chi connectivity index (χ2n) is 2.95. The van der Waals surface area contributed by atoms with Crippen LogP contribution in [-0.4, -0.2) is 27.2 Å². The molecule has 1 aromatic rings. The second kappa shape index (κ2) is 3.08. The largest absolute Gasteiger partial charge is 0.481 e. The van der Waals surface area contributed by atoms with E-state index in [1.165, 1.54) is 0 Å². The first-order valence-electron chi connectivity index (χ1n) is 4.16. The van der Waals surface area contributed by atoms with Gasteiger partial charge in [-0.05, 0) is 0 Å². The molecule has 0 saturated heterocycles. The van der Waals surface area contributed by atoms with Crippen LogP contribution in [0.15, 0.2) is 6.20 Å². The summed E-state index contributed by atoms with van der Waals surface area (Å²) in [5, 5.41) is 8.46. The second-order valence-corrected chi connectivity index (χ2v) is 2.95. The normalized spacial score (nSPS) is 13.8. The molecule has 0 aliphatic carbocycles. The molecule has 1 aliphatic rings. The van der Waals surface area contributed by atoms with Crippen LogP contribution in [0, 0.1) is 0 Å². The molecule has 70 valence electrons. The molecule has 13 heavy (non-hydrogen) atoms. The molecular weight excluding hydrogens is 172 g/mol. The Morgan fingerprint density at radius 2 is 2.62 bits per heavy atom. The Morgan fingerprint density at radius 1 is 1.77 bits per heavy atom. The van der Waals surface area contributed by atoms with Gasteiger partial charge in [0.25, 0.3) is 6.01 Å². The first-order chi connectivity index (χ1) is 6.25. The van der Waals surface area contributed by atoms with Crippen molar-refractivity contribution in [3.05, 3.63) is 11.9 Å². The van der Waals surface area contributed by atoms with Crippen molar-refractivity contribution in [2.45, 2.75) is 19.4 Å². The van der Waals surface area contributed by atoms with E-state index in [1.807, 2.05) is 10.8 Å². The predicted octanol–water partition coefficient (Wildman–Crippen LogP) is 0.293. The number of aryl methyl sites for hydroxylation is 1. The van der Waals surface area contributed by atoms with E-state index in [0.717, 1.165) is 12.2 Å². The molecule has 2 heterocycles. The van der Waals surface area contributed by atoms with Crippen LogP contribution in [0.4, 0.5) is 0 Å². The number of imidazole rings is 1. The molecular formula is C8H10N2O3. The van der Waals surface area contributed by atoms with Gasteiger partial charge in [-0.15, -0.1) is 0 Å². The van der Waals surface area contributed by atoms with Crippen molar-refractivity contribution in [1.29, 1.82) is 0 Å². The van der Waals surface area contributed by atoms with E-state index >= 15 is 0 Å². The highest BCUT2D eigenvalue weighted by Crippen LogP contribution is 2.17. The quantitative estimate of drug-likeness (QED) is 0.729. The third-order valence-electron chi connectivity index (χ3n) is 1.95. The Bertz CT molecular complexity index is 311. The molecule has 0 aromatic carbocycles. The number of carboxylic acid groups (broad SMARTS) is 1. The van der Waals surface area contributed by atoms with E-state index < -0.39 is 5.97 Å².